The highest BCUT2D eigenvalue weighted by atomic mass is 32.2. The maximum atomic E-state index is 3.95. The molecule has 2 rings (SSSR count). The van der Waals surface area contributed by atoms with Gasteiger partial charge in [0.15, 0.2) is 0 Å². The third-order valence-electron chi connectivity index (χ3n) is 5.39. The average molecular weight is 284 g/mol. The molecule has 0 aromatic heterocycles. The molecule has 0 amide bonds. The van der Waals surface area contributed by atoms with Crippen LogP contribution < -0.4 is 5.32 Å². The van der Waals surface area contributed by atoms with E-state index in [1.807, 2.05) is 0 Å². The lowest BCUT2D eigenvalue weighted by molar-refractivity contribution is 0.183. The van der Waals surface area contributed by atoms with Gasteiger partial charge in [0.05, 0.1) is 0 Å². The van der Waals surface area contributed by atoms with E-state index in [9.17, 15) is 0 Å². The molecule has 1 aliphatic carbocycles. The molecule has 4 unspecified atom stereocenters. The Balaban J connectivity index is 2.03. The summed E-state index contributed by atoms with van der Waals surface area (Å²) in [7, 11) is 0. The molecule has 1 saturated carbocycles. The summed E-state index contributed by atoms with van der Waals surface area (Å²) < 4.78 is 0.509. The van der Waals surface area contributed by atoms with Crippen LogP contribution in [0.5, 0.6) is 0 Å². The first-order chi connectivity index (χ1) is 9.19. The zero-order chi connectivity index (χ0) is 13.7. The van der Waals surface area contributed by atoms with Gasteiger partial charge in [-0.25, -0.2) is 0 Å². The SMILES string of the molecule is CCCNC(C1CCCC(CC)C1)C1(C)CCCS1. The minimum absolute atomic E-state index is 0.509. The second-order valence-electron chi connectivity index (χ2n) is 6.90. The maximum Gasteiger partial charge on any atom is 0.0287 e. The quantitative estimate of drug-likeness (QED) is 0.747. The van der Waals surface area contributed by atoms with E-state index < -0.39 is 0 Å². The van der Waals surface area contributed by atoms with Crippen LogP contribution in [0.1, 0.15) is 72.1 Å². The number of rotatable bonds is 6. The number of nitrogens with one attached hydrogen (secondary N) is 1. The normalized spacial score (nSPS) is 37.4. The van der Waals surface area contributed by atoms with Crippen LogP contribution in [0.3, 0.4) is 0 Å². The highest BCUT2D eigenvalue weighted by Gasteiger charge is 2.42. The predicted octanol–water partition coefficient (Wildman–Crippen LogP) is 4.86. The predicted molar refractivity (Wildman–Crippen MR) is 87.9 cm³/mol. The van der Waals surface area contributed by atoms with Crippen molar-refractivity contribution >= 4 is 11.8 Å². The van der Waals surface area contributed by atoms with E-state index >= 15 is 0 Å². The molecule has 2 heteroatoms. The highest BCUT2D eigenvalue weighted by molar-refractivity contribution is 8.00. The fourth-order valence-electron chi connectivity index (χ4n) is 4.23. The molecule has 1 heterocycles. The van der Waals surface area contributed by atoms with Gasteiger partial charge in [0.25, 0.3) is 0 Å². The third-order valence-corrected chi connectivity index (χ3v) is 7.00. The molecule has 1 saturated heterocycles. The Morgan fingerprint density at radius 3 is 2.74 bits per heavy atom. The van der Waals surface area contributed by atoms with Gasteiger partial charge in [-0.05, 0) is 63.2 Å². The molecule has 0 radical (unpaired) electrons. The zero-order valence-electron chi connectivity index (χ0n) is 13.2. The number of thioether (sulfide) groups is 1. The summed E-state index contributed by atoms with van der Waals surface area (Å²) in [5.74, 6) is 3.31. The second kappa shape index (κ2) is 7.36. The zero-order valence-corrected chi connectivity index (χ0v) is 14.0. The third kappa shape index (κ3) is 3.91. The van der Waals surface area contributed by atoms with Crippen molar-refractivity contribution in [3.8, 4) is 0 Å². The lowest BCUT2D eigenvalue weighted by Crippen LogP contribution is -2.51. The van der Waals surface area contributed by atoms with E-state index in [0.717, 1.165) is 17.9 Å². The van der Waals surface area contributed by atoms with Gasteiger partial charge in [0.2, 0.25) is 0 Å². The van der Waals surface area contributed by atoms with Crippen molar-refractivity contribution < 1.29 is 0 Å². The molecule has 1 aliphatic heterocycles. The van der Waals surface area contributed by atoms with E-state index in [2.05, 4.69) is 37.8 Å². The van der Waals surface area contributed by atoms with Crippen LogP contribution in [0, 0.1) is 11.8 Å². The summed E-state index contributed by atoms with van der Waals surface area (Å²) in [6.45, 7) is 8.42. The topological polar surface area (TPSA) is 12.0 Å². The van der Waals surface area contributed by atoms with E-state index in [-0.39, 0.29) is 0 Å². The molecule has 19 heavy (non-hydrogen) atoms. The molecule has 1 nitrogen and oxygen atoms in total. The van der Waals surface area contributed by atoms with Gasteiger partial charge in [-0.2, -0.15) is 11.8 Å². The van der Waals surface area contributed by atoms with Crippen molar-refractivity contribution in [2.75, 3.05) is 12.3 Å². The molecule has 112 valence electrons. The second-order valence-corrected chi connectivity index (χ2v) is 8.53. The van der Waals surface area contributed by atoms with Crippen LogP contribution in [-0.4, -0.2) is 23.1 Å². The van der Waals surface area contributed by atoms with Crippen molar-refractivity contribution in [3.05, 3.63) is 0 Å². The molecule has 0 bridgehead atoms. The summed E-state index contributed by atoms with van der Waals surface area (Å²) >= 11 is 2.24. The van der Waals surface area contributed by atoms with Crippen molar-refractivity contribution in [1.29, 1.82) is 0 Å². The van der Waals surface area contributed by atoms with E-state index in [4.69, 9.17) is 0 Å². The summed E-state index contributed by atoms with van der Waals surface area (Å²) in [4.78, 5) is 0. The molecule has 2 aliphatic rings. The minimum Gasteiger partial charge on any atom is -0.312 e. The van der Waals surface area contributed by atoms with Crippen LogP contribution in [0.15, 0.2) is 0 Å². The van der Waals surface area contributed by atoms with Crippen LogP contribution in [0.2, 0.25) is 0 Å². The Kier molecular flexibility index (Phi) is 6.08. The Morgan fingerprint density at radius 1 is 1.26 bits per heavy atom. The van der Waals surface area contributed by atoms with Crippen LogP contribution in [0.25, 0.3) is 0 Å². The fraction of sp³-hybridized carbons (Fsp3) is 1.00. The number of hydrogen-bond donors (Lipinski definition) is 1. The van der Waals surface area contributed by atoms with Crippen molar-refractivity contribution in [3.63, 3.8) is 0 Å². The monoisotopic (exact) mass is 283 g/mol. The van der Waals surface area contributed by atoms with Crippen molar-refractivity contribution in [2.45, 2.75) is 82.9 Å². The Hall–Kier alpha value is 0.310. The van der Waals surface area contributed by atoms with Gasteiger partial charge < -0.3 is 5.32 Å². The van der Waals surface area contributed by atoms with Crippen LogP contribution in [-0.2, 0) is 0 Å². The standard InChI is InChI=1S/C17H33NS/c1-4-11-18-16(17(3)10-7-12-19-17)15-9-6-8-14(5-2)13-15/h14-16,18H,4-13H2,1-3H3. The smallest absolute Gasteiger partial charge is 0.0287 e. The Bertz CT molecular complexity index is 260. The van der Waals surface area contributed by atoms with Crippen molar-refractivity contribution in [1.82, 2.24) is 5.32 Å². The van der Waals surface area contributed by atoms with Gasteiger partial charge in [0.1, 0.15) is 0 Å². The lowest BCUT2D eigenvalue weighted by Gasteiger charge is -2.43. The van der Waals surface area contributed by atoms with Gasteiger partial charge in [-0.3, -0.25) is 0 Å². The first-order valence-electron chi connectivity index (χ1n) is 8.57. The van der Waals surface area contributed by atoms with Crippen molar-refractivity contribution in [2.24, 2.45) is 11.8 Å². The maximum absolute atomic E-state index is 3.95. The number of hydrogen-bond acceptors (Lipinski definition) is 2. The van der Waals surface area contributed by atoms with E-state index in [0.29, 0.717) is 4.75 Å². The molecule has 1 N–H and O–H groups in total. The summed E-state index contributed by atoms with van der Waals surface area (Å²) in [5, 5.41) is 3.95. The summed E-state index contributed by atoms with van der Waals surface area (Å²) in [5.41, 5.74) is 0. The molecule has 0 aromatic rings. The average Bonchev–Trinajstić information content (AvgIpc) is 2.87. The molecular weight excluding hydrogens is 250 g/mol. The first kappa shape index (κ1) is 15.7. The minimum atomic E-state index is 0.509. The largest absolute Gasteiger partial charge is 0.312 e. The van der Waals surface area contributed by atoms with E-state index in [1.165, 1.54) is 63.7 Å². The van der Waals surface area contributed by atoms with Gasteiger partial charge in [0, 0.05) is 10.8 Å². The highest BCUT2D eigenvalue weighted by Crippen LogP contribution is 2.46. The van der Waals surface area contributed by atoms with Gasteiger partial charge in [-0.15, -0.1) is 0 Å². The lowest BCUT2D eigenvalue weighted by atomic mass is 9.73. The Labute approximate surface area is 124 Å². The Morgan fingerprint density at radius 2 is 2.11 bits per heavy atom. The summed E-state index contributed by atoms with van der Waals surface area (Å²) in [6, 6.07) is 0.759. The van der Waals surface area contributed by atoms with E-state index in [1.54, 1.807) is 0 Å². The fourth-order valence-corrected chi connectivity index (χ4v) is 5.73. The van der Waals surface area contributed by atoms with Crippen LogP contribution >= 0.6 is 11.8 Å². The summed E-state index contributed by atoms with van der Waals surface area (Å²) in [6.07, 6.45) is 11.4. The molecule has 2 fully saturated rings. The first-order valence-corrected chi connectivity index (χ1v) is 9.55. The van der Waals surface area contributed by atoms with Gasteiger partial charge in [-0.1, -0.05) is 33.1 Å². The van der Waals surface area contributed by atoms with Gasteiger partial charge >= 0.3 is 0 Å². The molecule has 4 atom stereocenters. The van der Waals surface area contributed by atoms with Crippen LogP contribution in [0.4, 0.5) is 0 Å². The molecule has 0 aromatic carbocycles. The molecular formula is C17H33NS. The molecule has 0 spiro atoms.